The van der Waals surface area contributed by atoms with Crippen LogP contribution in [0.1, 0.15) is 27.7 Å². The molecule has 2 heterocycles. The fraction of sp³-hybridized carbons (Fsp3) is 0.188. The highest BCUT2D eigenvalue weighted by molar-refractivity contribution is 5.97. The Kier molecular flexibility index (Phi) is 4.03. The van der Waals surface area contributed by atoms with Gasteiger partial charge in [0, 0.05) is 29.4 Å². The second-order valence-corrected chi connectivity index (χ2v) is 5.19. The maximum absolute atomic E-state index is 13.6. The van der Waals surface area contributed by atoms with Gasteiger partial charge in [0.1, 0.15) is 5.82 Å². The van der Waals surface area contributed by atoms with E-state index in [4.69, 9.17) is 0 Å². The average Bonchev–Trinajstić information content (AvgIpc) is 2.93. The molecule has 3 aromatic rings. The molecule has 118 valence electrons. The molecule has 6 nitrogen and oxygen atoms in total. The number of hydrogen-bond donors (Lipinski definition) is 3. The van der Waals surface area contributed by atoms with Gasteiger partial charge in [-0.3, -0.25) is 9.89 Å². The molecule has 3 N–H and O–H groups in total. The molecule has 0 saturated heterocycles. The number of nitrogens with zero attached hydrogens (tertiary/aromatic N) is 2. The Morgan fingerprint density at radius 3 is 3.00 bits per heavy atom. The van der Waals surface area contributed by atoms with Crippen LogP contribution >= 0.6 is 0 Å². The summed E-state index contributed by atoms with van der Waals surface area (Å²) in [4.78, 5) is 16.3. The molecular weight excluding hydrogens is 299 g/mol. The Morgan fingerprint density at radius 2 is 2.22 bits per heavy atom. The number of rotatable bonds is 4. The highest BCUT2D eigenvalue weighted by atomic mass is 19.1. The zero-order valence-electron chi connectivity index (χ0n) is 12.4. The fourth-order valence-electron chi connectivity index (χ4n) is 2.29. The number of carbonyl (C=O) groups is 1. The third-order valence-electron chi connectivity index (χ3n) is 3.58. The lowest BCUT2D eigenvalue weighted by Gasteiger charge is -2.13. The second kappa shape index (κ2) is 6.13. The topological polar surface area (TPSA) is 90.9 Å². The summed E-state index contributed by atoms with van der Waals surface area (Å²) in [5.74, 6) is -0.901. The van der Waals surface area contributed by atoms with Crippen molar-refractivity contribution in [2.24, 2.45) is 0 Å². The molecule has 0 spiro atoms. The first-order valence-corrected chi connectivity index (χ1v) is 7.07. The minimum absolute atomic E-state index is 0.0951. The molecule has 1 aromatic carbocycles. The van der Waals surface area contributed by atoms with Crippen LogP contribution in [-0.4, -0.2) is 32.7 Å². The number of amides is 1. The average molecular weight is 314 g/mol. The highest BCUT2D eigenvalue weighted by Crippen LogP contribution is 2.17. The molecule has 0 fully saturated rings. The number of halogens is 1. The lowest BCUT2D eigenvalue weighted by molar-refractivity contribution is 0.0914. The van der Waals surface area contributed by atoms with Crippen molar-refractivity contribution in [3.8, 4) is 0 Å². The van der Waals surface area contributed by atoms with E-state index in [-0.39, 0.29) is 12.1 Å². The molecule has 2 aromatic heterocycles. The summed E-state index contributed by atoms with van der Waals surface area (Å²) in [6.45, 7) is 1.74. The van der Waals surface area contributed by atoms with Gasteiger partial charge in [-0.1, -0.05) is 18.2 Å². The standard InChI is InChI=1S/C16H15FN4O2/c1-9-12-6-10(7-18-15(12)21-20-9)16(23)19-8-14(22)11-4-2-3-5-13(11)17/h2-7,14,22H,8H2,1H3,(H,19,23)(H,18,20,21). The number of H-pyrrole nitrogens is 1. The number of nitrogens with one attached hydrogen (secondary N) is 2. The molecule has 23 heavy (non-hydrogen) atoms. The first kappa shape index (κ1) is 15.1. The van der Waals surface area contributed by atoms with Gasteiger partial charge in [-0.15, -0.1) is 0 Å². The number of pyridine rings is 1. The van der Waals surface area contributed by atoms with E-state index in [1.165, 1.54) is 24.4 Å². The largest absolute Gasteiger partial charge is 0.386 e. The van der Waals surface area contributed by atoms with Gasteiger partial charge in [-0.2, -0.15) is 5.10 Å². The summed E-state index contributed by atoms with van der Waals surface area (Å²) in [6, 6.07) is 7.59. The minimum Gasteiger partial charge on any atom is -0.386 e. The zero-order valence-corrected chi connectivity index (χ0v) is 12.4. The number of aliphatic hydroxyl groups is 1. The molecule has 1 unspecified atom stereocenters. The van der Waals surface area contributed by atoms with E-state index in [0.29, 0.717) is 11.2 Å². The maximum Gasteiger partial charge on any atom is 0.252 e. The van der Waals surface area contributed by atoms with Gasteiger partial charge in [0.05, 0.1) is 11.7 Å². The maximum atomic E-state index is 13.6. The molecular formula is C16H15FN4O2. The molecule has 0 aliphatic rings. The molecule has 1 atom stereocenters. The molecule has 0 saturated carbocycles. The van der Waals surface area contributed by atoms with Gasteiger partial charge < -0.3 is 10.4 Å². The van der Waals surface area contributed by atoms with Crippen LogP contribution in [0.2, 0.25) is 0 Å². The van der Waals surface area contributed by atoms with E-state index >= 15 is 0 Å². The van der Waals surface area contributed by atoms with Crippen LogP contribution in [-0.2, 0) is 0 Å². The van der Waals surface area contributed by atoms with E-state index in [2.05, 4.69) is 20.5 Å². The van der Waals surface area contributed by atoms with Gasteiger partial charge in [-0.25, -0.2) is 9.37 Å². The minimum atomic E-state index is -1.12. The van der Waals surface area contributed by atoms with Crippen LogP contribution in [0.4, 0.5) is 4.39 Å². The molecule has 0 aliphatic heterocycles. The van der Waals surface area contributed by atoms with Crippen LogP contribution < -0.4 is 5.32 Å². The molecule has 0 radical (unpaired) electrons. The van der Waals surface area contributed by atoms with Crippen LogP contribution in [0.25, 0.3) is 11.0 Å². The van der Waals surface area contributed by atoms with Crippen molar-refractivity contribution in [1.82, 2.24) is 20.5 Å². The lowest BCUT2D eigenvalue weighted by atomic mass is 10.1. The van der Waals surface area contributed by atoms with Gasteiger partial charge >= 0.3 is 0 Å². The smallest absolute Gasteiger partial charge is 0.252 e. The SMILES string of the molecule is Cc1[nH]nc2ncc(C(=O)NCC(O)c3ccccc3F)cc12. The number of hydrogen-bond acceptors (Lipinski definition) is 4. The Balaban J connectivity index is 1.71. The normalized spacial score (nSPS) is 12.3. The Bertz CT molecular complexity index is 862. The quantitative estimate of drug-likeness (QED) is 0.685. The molecule has 1 amide bonds. The monoisotopic (exact) mass is 314 g/mol. The molecule has 0 bridgehead atoms. The zero-order chi connectivity index (χ0) is 16.4. The Labute approximate surface area is 131 Å². The first-order chi connectivity index (χ1) is 11.1. The van der Waals surface area contributed by atoms with Crippen molar-refractivity contribution >= 4 is 16.9 Å². The fourth-order valence-corrected chi connectivity index (χ4v) is 2.29. The third kappa shape index (κ3) is 3.04. The second-order valence-electron chi connectivity index (χ2n) is 5.19. The number of aromatic nitrogens is 3. The van der Waals surface area contributed by atoms with Crippen molar-refractivity contribution < 1.29 is 14.3 Å². The lowest BCUT2D eigenvalue weighted by Crippen LogP contribution is -2.28. The number of benzene rings is 1. The van der Waals surface area contributed by atoms with E-state index < -0.39 is 17.8 Å². The summed E-state index contributed by atoms with van der Waals surface area (Å²) in [5.41, 5.74) is 1.84. The first-order valence-electron chi connectivity index (χ1n) is 7.07. The predicted molar refractivity (Wildman–Crippen MR) is 82.3 cm³/mol. The predicted octanol–water partition coefficient (Wildman–Crippen LogP) is 1.87. The van der Waals surface area contributed by atoms with Crippen molar-refractivity contribution in [2.75, 3.05) is 6.54 Å². The molecule has 7 heteroatoms. The van der Waals surface area contributed by atoms with Crippen LogP contribution in [0.3, 0.4) is 0 Å². The van der Waals surface area contributed by atoms with E-state index in [9.17, 15) is 14.3 Å². The number of aromatic amines is 1. The number of aliphatic hydroxyl groups excluding tert-OH is 1. The van der Waals surface area contributed by atoms with Crippen molar-refractivity contribution in [3.63, 3.8) is 0 Å². The van der Waals surface area contributed by atoms with Gasteiger partial charge in [-0.05, 0) is 19.1 Å². The summed E-state index contributed by atoms with van der Waals surface area (Å²) in [6.07, 6.45) is 0.292. The van der Waals surface area contributed by atoms with Crippen molar-refractivity contribution in [1.29, 1.82) is 0 Å². The van der Waals surface area contributed by atoms with Crippen LogP contribution in [0.15, 0.2) is 36.5 Å². The van der Waals surface area contributed by atoms with Crippen LogP contribution in [0, 0.1) is 12.7 Å². The molecule has 3 rings (SSSR count). The van der Waals surface area contributed by atoms with Crippen molar-refractivity contribution in [2.45, 2.75) is 13.0 Å². The Hall–Kier alpha value is -2.80. The van der Waals surface area contributed by atoms with Gasteiger partial charge in [0.15, 0.2) is 5.65 Å². The van der Waals surface area contributed by atoms with E-state index in [0.717, 1.165) is 11.1 Å². The summed E-state index contributed by atoms with van der Waals surface area (Å²) >= 11 is 0. The van der Waals surface area contributed by atoms with Gasteiger partial charge in [0.25, 0.3) is 5.91 Å². The highest BCUT2D eigenvalue weighted by Gasteiger charge is 2.15. The Morgan fingerprint density at radius 1 is 1.43 bits per heavy atom. The number of aryl methyl sites for hydroxylation is 1. The number of fused-ring (bicyclic) bond motifs is 1. The third-order valence-corrected chi connectivity index (χ3v) is 3.58. The number of carbonyl (C=O) groups excluding carboxylic acids is 1. The summed E-state index contributed by atoms with van der Waals surface area (Å²) in [7, 11) is 0. The summed E-state index contributed by atoms with van der Waals surface area (Å²) in [5, 5.41) is 20.1. The van der Waals surface area contributed by atoms with E-state index in [1.807, 2.05) is 6.92 Å². The van der Waals surface area contributed by atoms with Gasteiger partial charge in [0.2, 0.25) is 0 Å². The summed E-state index contributed by atoms with van der Waals surface area (Å²) < 4.78 is 13.6. The molecule has 0 aliphatic carbocycles. The van der Waals surface area contributed by atoms with Crippen LogP contribution in [0.5, 0.6) is 0 Å². The van der Waals surface area contributed by atoms with E-state index in [1.54, 1.807) is 12.1 Å². The van der Waals surface area contributed by atoms with Crippen molar-refractivity contribution in [3.05, 3.63) is 59.2 Å².